The van der Waals surface area contributed by atoms with E-state index in [2.05, 4.69) is 4.72 Å². The number of nitrogens with one attached hydrogen (secondary N) is 1. The van der Waals surface area contributed by atoms with E-state index in [1.807, 2.05) is 24.3 Å². The quantitative estimate of drug-likeness (QED) is 0.930. The molecule has 5 heteroatoms. The van der Waals surface area contributed by atoms with Gasteiger partial charge in [0.15, 0.2) is 0 Å². The van der Waals surface area contributed by atoms with Crippen LogP contribution < -0.4 is 4.72 Å². The van der Waals surface area contributed by atoms with Crippen LogP contribution in [0.2, 0.25) is 0 Å². The van der Waals surface area contributed by atoms with Crippen LogP contribution >= 0.6 is 0 Å². The molecule has 0 aromatic heterocycles. The summed E-state index contributed by atoms with van der Waals surface area (Å²) in [7, 11) is -3.68. The highest BCUT2D eigenvalue weighted by atomic mass is 32.2. The summed E-state index contributed by atoms with van der Waals surface area (Å²) in [5.74, 6) is 0. The number of rotatable bonds is 4. The monoisotopic (exact) mass is 274 g/mol. The molecule has 0 radical (unpaired) electrons. The maximum absolute atomic E-state index is 12.3. The van der Waals surface area contributed by atoms with Gasteiger partial charge in [-0.25, -0.2) is 8.42 Å². The zero-order valence-electron chi connectivity index (χ0n) is 10.5. The summed E-state index contributed by atoms with van der Waals surface area (Å²) in [5.41, 5.74) is 0. The Balaban J connectivity index is 2.53. The molecular formula is C14H14N2O2S. The Morgan fingerprint density at radius 3 is 2.58 bits per heavy atom. The summed E-state index contributed by atoms with van der Waals surface area (Å²) in [6, 6.07) is 13.6. The van der Waals surface area contributed by atoms with Crippen molar-refractivity contribution in [2.75, 3.05) is 0 Å². The second-order valence-electron chi connectivity index (χ2n) is 4.19. The SMILES string of the molecule is CCC(C#N)NS(=O)(=O)c1cccc2ccccc12. The lowest BCUT2D eigenvalue weighted by atomic mass is 10.1. The fourth-order valence-corrected chi connectivity index (χ4v) is 3.34. The average Bonchev–Trinajstić information content (AvgIpc) is 2.44. The summed E-state index contributed by atoms with van der Waals surface area (Å²) in [6.07, 6.45) is 0.431. The predicted molar refractivity (Wildman–Crippen MR) is 74.0 cm³/mol. The zero-order chi connectivity index (χ0) is 13.9. The number of hydrogen-bond donors (Lipinski definition) is 1. The van der Waals surface area contributed by atoms with Crippen molar-refractivity contribution in [3.63, 3.8) is 0 Å². The first-order valence-corrected chi connectivity index (χ1v) is 7.46. The second-order valence-corrected chi connectivity index (χ2v) is 5.87. The van der Waals surface area contributed by atoms with Gasteiger partial charge in [0, 0.05) is 5.39 Å². The van der Waals surface area contributed by atoms with Crippen LogP contribution in [0, 0.1) is 11.3 Å². The molecule has 19 heavy (non-hydrogen) atoms. The van der Waals surface area contributed by atoms with Gasteiger partial charge in [0.1, 0.15) is 6.04 Å². The number of hydrogen-bond acceptors (Lipinski definition) is 3. The lowest BCUT2D eigenvalue weighted by Gasteiger charge is -2.12. The Bertz CT molecular complexity index is 727. The number of nitrogens with zero attached hydrogens (tertiary/aromatic N) is 1. The molecule has 2 aromatic carbocycles. The molecule has 0 aliphatic carbocycles. The minimum absolute atomic E-state index is 0.208. The van der Waals surface area contributed by atoms with Crippen molar-refractivity contribution in [3.05, 3.63) is 42.5 Å². The second kappa shape index (κ2) is 5.39. The molecule has 0 aliphatic heterocycles. The molecule has 0 saturated heterocycles. The first kappa shape index (κ1) is 13.5. The summed E-state index contributed by atoms with van der Waals surface area (Å²) in [6.45, 7) is 1.76. The molecule has 1 unspecified atom stereocenters. The highest BCUT2D eigenvalue weighted by molar-refractivity contribution is 7.89. The van der Waals surface area contributed by atoms with E-state index in [1.54, 1.807) is 31.2 Å². The van der Waals surface area contributed by atoms with Crippen LogP contribution in [0.15, 0.2) is 47.4 Å². The first-order valence-electron chi connectivity index (χ1n) is 5.98. The van der Waals surface area contributed by atoms with E-state index >= 15 is 0 Å². The van der Waals surface area contributed by atoms with Gasteiger partial charge in [0.05, 0.1) is 11.0 Å². The number of benzene rings is 2. The van der Waals surface area contributed by atoms with Gasteiger partial charge >= 0.3 is 0 Å². The van der Waals surface area contributed by atoms with Crippen molar-refractivity contribution in [1.29, 1.82) is 5.26 Å². The van der Waals surface area contributed by atoms with Crippen LogP contribution in [0.5, 0.6) is 0 Å². The van der Waals surface area contributed by atoms with Crippen molar-refractivity contribution in [2.45, 2.75) is 24.3 Å². The van der Waals surface area contributed by atoms with Crippen LogP contribution in [-0.2, 0) is 10.0 Å². The predicted octanol–water partition coefficient (Wildman–Crippen LogP) is 2.42. The highest BCUT2D eigenvalue weighted by Gasteiger charge is 2.20. The average molecular weight is 274 g/mol. The summed E-state index contributed by atoms with van der Waals surface area (Å²) < 4.78 is 27.0. The Morgan fingerprint density at radius 2 is 1.89 bits per heavy atom. The zero-order valence-corrected chi connectivity index (χ0v) is 11.3. The standard InChI is InChI=1S/C14H14N2O2S/c1-2-12(10-15)16-19(17,18)14-9-5-7-11-6-3-4-8-13(11)14/h3-9,12,16H,2H2,1H3. The molecular weight excluding hydrogens is 260 g/mol. The Kier molecular flexibility index (Phi) is 3.84. The maximum Gasteiger partial charge on any atom is 0.242 e. The van der Waals surface area contributed by atoms with E-state index < -0.39 is 16.1 Å². The van der Waals surface area contributed by atoms with Gasteiger partial charge in [0.25, 0.3) is 0 Å². The van der Waals surface area contributed by atoms with Crippen LogP contribution in [0.1, 0.15) is 13.3 Å². The molecule has 0 aliphatic rings. The van der Waals surface area contributed by atoms with E-state index in [1.165, 1.54) is 0 Å². The molecule has 1 N–H and O–H groups in total. The van der Waals surface area contributed by atoms with Crippen molar-refractivity contribution < 1.29 is 8.42 Å². The van der Waals surface area contributed by atoms with E-state index in [4.69, 9.17) is 5.26 Å². The Morgan fingerprint density at radius 1 is 1.21 bits per heavy atom. The first-order chi connectivity index (χ1) is 9.08. The smallest absolute Gasteiger partial charge is 0.207 e. The molecule has 2 aromatic rings. The van der Waals surface area contributed by atoms with Gasteiger partial charge < -0.3 is 0 Å². The van der Waals surface area contributed by atoms with Crippen molar-refractivity contribution in [2.24, 2.45) is 0 Å². The molecule has 0 fully saturated rings. The van der Waals surface area contributed by atoms with E-state index in [0.717, 1.165) is 5.39 Å². The normalized spacial score (nSPS) is 13.1. The number of fused-ring (bicyclic) bond motifs is 1. The summed E-state index contributed by atoms with van der Waals surface area (Å²) in [5, 5.41) is 10.4. The third-order valence-electron chi connectivity index (χ3n) is 2.90. The third kappa shape index (κ3) is 2.75. The molecule has 0 saturated carbocycles. The van der Waals surface area contributed by atoms with Gasteiger partial charge in [-0.3, -0.25) is 0 Å². The Hall–Kier alpha value is -1.90. The van der Waals surface area contributed by atoms with Crippen LogP contribution in [0.25, 0.3) is 10.8 Å². The third-order valence-corrected chi connectivity index (χ3v) is 4.43. The largest absolute Gasteiger partial charge is 0.242 e. The molecule has 98 valence electrons. The molecule has 1 atom stereocenters. The Labute approximate surface area is 112 Å². The number of sulfonamides is 1. The van der Waals surface area contributed by atoms with Crippen LogP contribution in [0.3, 0.4) is 0 Å². The van der Waals surface area contributed by atoms with Crippen molar-refractivity contribution >= 4 is 20.8 Å². The van der Waals surface area contributed by atoms with E-state index in [9.17, 15) is 8.42 Å². The van der Waals surface area contributed by atoms with Gasteiger partial charge in [0.2, 0.25) is 10.0 Å². The lowest BCUT2D eigenvalue weighted by molar-refractivity contribution is 0.570. The topological polar surface area (TPSA) is 70.0 Å². The van der Waals surface area contributed by atoms with Gasteiger partial charge in [-0.05, 0) is 17.9 Å². The molecule has 0 bridgehead atoms. The fourth-order valence-electron chi connectivity index (χ4n) is 1.88. The molecule has 0 amide bonds. The van der Waals surface area contributed by atoms with Gasteiger partial charge in [-0.15, -0.1) is 0 Å². The fraction of sp³-hybridized carbons (Fsp3) is 0.214. The lowest BCUT2D eigenvalue weighted by Crippen LogP contribution is -2.33. The molecule has 0 heterocycles. The van der Waals surface area contributed by atoms with Crippen molar-refractivity contribution in [3.8, 4) is 6.07 Å². The summed E-state index contributed by atoms with van der Waals surface area (Å²) in [4.78, 5) is 0.208. The highest BCUT2D eigenvalue weighted by Crippen LogP contribution is 2.22. The number of nitriles is 1. The van der Waals surface area contributed by atoms with E-state index in [0.29, 0.717) is 11.8 Å². The van der Waals surface area contributed by atoms with Crippen LogP contribution in [0.4, 0.5) is 0 Å². The molecule has 2 rings (SSSR count). The maximum atomic E-state index is 12.3. The van der Waals surface area contributed by atoms with Crippen molar-refractivity contribution in [1.82, 2.24) is 4.72 Å². The van der Waals surface area contributed by atoms with Gasteiger partial charge in [-0.1, -0.05) is 43.3 Å². The summed E-state index contributed by atoms with van der Waals surface area (Å²) >= 11 is 0. The van der Waals surface area contributed by atoms with Gasteiger partial charge in [-0.2, -0.15) is 9.98 Å². The molecule has 4 nitrogen and oxygen atoms in total. The minimum atomic E-state index is -3.68. The molecule has 0 spiro atoms. The van der Waals surface area contributed by atoms with E-state index in [-0.39, 0.29) is 4.90 Å². The minimum Gasteiger partial charge on any atom is -0.207 e. The van der Waals surface area contributed by atoms with Crippen LogP contribution in [-0.4, -0.2) is 14.5 Å².